The van der Waals surface area contributed by atoms with Crippen LogP contribution in [0.4, 0.5) is 0 Å². The summed E-state index contributed by atoms with van der Waals surface area (Å²) in [7, 11) is 1.85. The fraction of sp³-hybridized carbons (Fsp3) is 0.625. The number of aryl methyl sites for hydroxylation is 1. The molecule has 0 saturated heterocycles. The molecular formula is C16H25NO. The van der Waals surface area contributed by atoms with Gasteiger partial charge in [0.1, 0.15) is 0 Å². The smallest absolute Gasteiger partial charge is 0.0794 e. The van der Waals surface area contributed by atoms with Gasteiger partial charge < -0.3 is 10.1 Å². The molecule has 1 aromatic carbocycles. The zero-order chi connectivity index (χ0) is 13.1. The molecule has 1 fully saturated rings. The first kappa shape index (κ1) is 13.6. The van der Waals surface area contributed by atoms with Crippen LogP contribution in [0.5, 0.6) is 0 Å². The second-order valence-corrected chi connectivity index (χ2v) is 5.36. The molecule has 0 aromatic heterocycles. The van der Waals surface area contributed by atoms with Crippen LogP contribution in [0.25, 0.3) is 0 Å². The van der Waals surface area contributed by atoms with Crippen molar-refractivity contribution in [2.24, 2.45) is 5.92 Å². The van der Waals surface area contributed by atoms with Gasteiger partial charge in [0.15, 0.2) is 0 Å². The summed E-state index contributed by atoms with van der Waals surface area (Å²) in [5, 5.41) is 3.61. The minimum absolute atomic E-state index is 0.311. The molecule has 1 aliphatic rings. The van der Waals surface area contributed by atoms with Crippen LogP contribution in [-0.4, -0.2) is 19.8 Å². The normalized spacial score (nSPS) is 18.7. The van der Waals surface area contributed by atoms with E-state index < -0.39 is 0 Å². The highest BCUT2D eigenvalue weighted by molar-refractivity contribution is 5.36. The van der Waals surface area contributed by atoms with Crippen molar-refractivity contribution >= 4 is 0 Å². The minimum atomic E-state index is 0.311. The number of benzene rings is 1. The summed E-state index contributed by atoms with van der Waals surface area (Å²) in [5.41, 5.74) is 4.16. The maximum absolute atomic E-state index is 5.78. The maximum Gasteiger partial charge on any atom is 0.0794 e. The molecule has 1 N–H and O–H groups in total. The van der Waals surface area contributed by atoms with Gasteiger partial charge in [-0.05, 0) is 55.8 Å². The topological polar surface area (TPSA) is 21.3 Å². The number of hydrogen-bond acceptors (Lipinski definition) is 2. The van der Waals surface area contributed by atoms with Crippen molar-refractivity contribution in [2.45, 2.75) is 45.8 Å². The van der Waals surface area contributed by atoms with Crippen molar-refractivity contribution in [3.63, 3.8) is 0 Å². The van der Waals surface area contributed by atoms with E-state index in [1.807, 2.05) is 7.11 Å². The Bertz CT molecular complexity index is 398. The number of likely N-dealkylation sites (N-methyl/N-ethyl adjacent to an activating group) is 1. The van der Waals surface area contributed by atoms with Gasteiger partial charge in [-0.3, -0.25) is 0 Å². The van der Waals surface area contributed by atoms with Crippen LogP contribution in [0.3, 0.4) is 0 Å². The molecule has 18 heavy (non-hydrogen) atoms. The zero-order valence-electron chi connectivity index (χ0n) is 12.0. The molecule has 2 unspecified atom stereocenters. The molecule has 0 radical (unpaired) electrons. The number of nitrogens with one attached hydrogen (secondary N) is 1. The lowest BCUT2D eigenvalue weighted by molar-refractivity contribution is 0.0509. The van der Waals surface area contributed by atoms with E-state index in [4.69, 9.17) is 4.74 Å². The van der Waals surface area contributed by atoms with E-state index in [0.717, 1.165) is 12.5 Å². The van der Waals surface area contributed by atoms with Gasteiger partial charge in [-0.25, -0.2) is 0 Å². The molecule has 0 aliphatic heterocycles. The Balaban J connectivity index is 2.30. The molecule has 2 rings (SSSR count). The summed E-state index contributed by atoms with van der Waals surface area (Å²) in [4.78, 5) is 0. The van der Waals surface area contributed by atoms with Crippen LogP contribution < -0.4 is 5.32 Å². The minimum Gasteiger partial charge on any atom is -0.379 e. The third kappa shape index (κ3) is 2.76. The Morgan fingerprint density at radius 2 is 2.06 bits per heavy atom. The van der Waals surface area contributed by atoms with Gasteiger partial charge in [0.2, 0.25) is 0 Å². The molecule has 0 bridgehead atoms. The molecule has 0 heterocycles. The highest BCUT2D eigenvalue weighted by Gasteiger charge is 2.37. The monoisotopic (exact) mass is 247 g/mol. The molecule has 1 saturated carbocycles. The lowest BCUT2D eigenvalue weighted by Gasteiger charge is -2.29. The van der Waals surface area contributed by atoms with Crippen LogP contribution >= 0.6 is 0 Å². The summed E-state index contributed by atoms with van der Waals surface area (Å²) in [6, 6.07) is 6.90. The predicted molar refractivity (Wildman–Crippen MR) is 75.9 cm³/mol. The fourth-order valence-electron chi connectivity index (χ4n) is 2.76. The third-order valence-corrected chi connectivity index (χ3v) is 4.09. The van der Waals surface area contributed by atoms with Crippen molar-refractivity contribution in [2.75, 3.05) is 13.7 Å². The van der Waals surface area contributed by atoms with Gasteiger partial charge in [-0.15, -0.1) is 0 Å². The highest BCUT2D eigenvalue weighted by atomic mass is 16.5. The van der Waals surface area contributed by atoms with Gasteiger partial charge >= 0.3 is 0 Å². The van der Waals surface area contributed by atoms with E-state index in [1.165, 1.54) is 29.5 Å². The van der Waals surface area contributed by atoms with Crippen LogP contribution in [0.2, 0.25) is 0 Å². The van der Waals surface area contributed by atoms with Crippen LogP contribution in [0.15, 0.2) is 18.2 Å². The van der Waals surface area contributed by atoms with Gasteiger partial charge in [0.05, 0.1) is 12.1 Å². The summed E-state index contributed by atoms with van der Waals surface area (Å²) < 4.78 is 5.78. The molecule has 2 heteroatoms. The number of ether oxygens (including phenoxy) is 1. The van der Waals surface area contributed by atoms with Gasteiger partial charge in [-0.1, -0.05) is 25.1 Å². The second-order valence-electron chi connectivity index (χ2n) is 5.36. The lowest BCUT2D eigenvalue weighted by atomic mass is 9.92. The van der Waals surface area contributed by atoms with Crippen LogP contribution in [-0.2, 0) is 4.74 Å². The van der Waals surface area contributed by atoms with E-state index in [1.54, 1.807) is 0 Å². The Labute approximate surface area is 111 Å². The third-order valence-electron chi connectivity index (χ3n) is 4.09. The molecule has 100 valence electrons. The Kier molecular flexibility index (Phi) is 4.41. The van der Waals surface area contributed by atoms with Crippen molar-refractivity contribution in [1.82, 2.24) is 5.32 Å². The van der Waals surface area contributed by atoms with Gasteiger partial charge in [0, 0.05) is 7.11 Å². The predicted octanol–water partition coefficient (Wildman–Crippen LogP) is 3.38. The van der Waals surface area contributed by atoms with Gasteiger partial charge in [0.25, 0.3) is 0 Å². The van der Waals surface area contributed by atoms with E-state index in [0.29, 0.717) is 12.1 Å². The Morgan fingerprint density at radius 1 is 1.33 bits per heavy atom. The Hall–Kier alpha value is -0.860. The van der Waals surface area contributed by atoms with Gasteiger partial charge in [-0.2, -0.15) is 0 Å². The SMILES string of the molecule is CCNC(c1cccc(C)c1C)C(OC)C1CC1. The van der Waals surface area contributed by atoms with Crippen molar-refractivity contribution in [3.05, 3.63) is 34.9 Å². The van der Waals surface area contributed by atoms with E-state index in [-0.39, 0.29) is 0 Å². The molecule has 0 spiro atoms. The first-order chi connectivity index (χ1) is 8.69. The first-order valence-corrected chi connectivity index (χ1v) is 7.01. The standard InChI is InChI=1S/C16H25NO/c1-5-17-15(16(18-4)13-9-10-13)14-8-6-7-11(2)12(14)3/h6-8,13,15-17H,5,9-10H2,1-4H3. The maximum atomic E-state index is 5.78. The average Bonchev–Trinajstić information content (AvgIpc) is 3.17. The first-order valence-electron chi connectivity index (χ1n) is 7.01. The largest absolute Gasteiger partial charge is 0.379 e. The summed E-state index contributed by atoms with van der Waals surface area (Å²) in [6.45, 7) is 7.54. The molecule has 1 aliphatic carbocycles. The summed E-state index contributed by atoms with van der Waals surface area (Å²) in [6.07, 6.45) is 2.93. The van der Waals surface area contributed by atoms with Crippen LogP contribution in [0.1, 0.15) is 42.5 Å². The van der Waals surface area contributed by atoms with E-state index in [9.17, 15) is 0 Å². The average molecular weight is 247 g/mol. The van der Waals surface area contributed by atoms with Crippen molar-refractivity contribution < 1.29 is 4.74 Å². The second kappa shape index (κ2) is 5.85. The summed E-state index contributed by atoms with van der Waals surface area (Å²) >= 11 is 0. The quantitative estimate of drug-likeness (QED) is 0.832. The lowest BCUT2D eigenvalue weighted by Crippen LogP contribution is -2.35. The number of hydrogen-bond donors (Lipinski definition) is 1. The molecule has 1 aromatic rings. The molecular weight excluding hydrogens is 222 g/mol. The number of rotatable bonds is 6. The highest BCUT2D eigenvalue weighted by Crippen LogP contribution is 2.40. The zero-order valence-corrected chi connectivity index (χ0v) is 12.0. The molecule has 0 amide bonds. The molecule has 2 atom stereocenters. The van der Waals surface area contributed by atoms with E-state index >= 15 is 0 Å². The van der Waals surface area contributed by atoms with E-state index in [2.05, 4.69) is 44.3 Å². The molecule has 2 nitrogen and oxygen atoms in total. The van der Waals surface area contributed by atoms with Crippen molar-refractivity contribution in [1.29, 1.82) is 0 Å². The number of methoxy groups -OCH3 is 1. The summed E-state index contributed by atoms with van der Waals surface area (Å²) in [5.74, 6) is 0.735. The van der Waals surface area contributed by atoms with Crippen LogP contribution in [0, 0.1) is 19.8 Å². The Morgan fingerprint density at radius 3 is 2.61 bits per heavy atom. The van der Waals surface area contributed by atoms with Crippen molar-refractivity contribution in [3.8, 4) is 0 Å². The fourth-order valence-corrected chi connectivity index (χ4v) is 2.76.